The molecule has 1 aliphatic carbocycles. The molecule has 1 saturated carbocycles. The SMILES string of the molecule is Cn1c(=O)n(C)c2cc(S(=O)(=O)NC[C@H](c3ccccc3)C3CCCCC3)ccc21. The minimum atomic E-state index is -3.69. The molecule has 2 aromatic carbocycles. The van der Waals surface area contributed by atoms with E-state index in [0.717, 1.165) is 12.8 Å². The van der Waals surface area contributed by atoms with Crippen molar-refractivity contribution in [2.75, 3.05) is 6.54 Å². The van der Waals surface area contributed by atoms with Gasteiger partial charge in [0, 0.05) is 26.6 Å². The summed E-state index contributed by atoms with van der Waals surface area (Å²) in [4.78, 5) is 12.3. The third kappa shape index (κ3) is 3.96. The zero-order chi connectivity index (χ0) is 21.3. The van der Waals surface area contributed by atoms with E-state index in [0.29, 0.717) is 23.5 Å². The van der Waals surface area contributed by atoms with E-state index >= 15 is 0 Å². The third-order valence-electron chi connectivity index (χ3n) is 6.49. The number of nitrogens with one attached hydrogen (secondary N) is 1. The van der Waals surface area contributed by atoms with E-state index in [9.17, 15) is 13.2 Å². The Morgan fingerprint density at radius 2 is 1.63 bits per heavy atom. The molecule has 3 aromatic rings. The summed E-state index contributed by atoms with van der Waals surface area (Å²) in [5.74, 6) is 0.646. The fraction of sp³-hybridized carbons (Fsp3) is 0.435. The Morgan fingerprint density at radius 1 is 0.967 bits per heavy atom. The van der Waals surface area contributed by atoms with E-state index in [4.69, 9.17) is 0 Å². The van der Waals surface area contributed by atoms with Crippen molar-refractivity contribution < 1.29 is 8.42 Å². The monoisotopic (exact) mass is 427 g/mol. The second-order valence-electron chi connectivity index (χ2n) is 8.32. The fourth-order valence-electron chi connectivity index (χ4n) is 4.73. The lowest BCUT2D eigenvalue weighted by Gasteiger charge is -2.31. The summed E-state index contributed by atoms with van der Waals surface area (Å²) in [6.07, 6.45) is 5.96. The zero-order valence-corrected chi connectivity index (χ0v) is 18.4. The molecule has 0 saturated heterocycles. The second kappa shape index (κ2) is 8.40. The van der Waals surface area contributed by atoms with Gasteiger partial charge >= 0.3 is 5.69 Å². The number of benzene rings is 2. The van der Waals surface area contributed by atoms with Gasteiger partial charge in [0.05, 0.1) is 15.9 Å². The molecule has 1 fully saturated rings. The molecule has 1 aliphatic rings. The van der Waals surface area contributed by atoms with E-state index in [2.05, 4.69) is 16.9 Å². The summed E-state index contributed by atoms with van der Waals surface area (Å²) in [5, 5.41) is 0. The van der Waals surface area contributed by atoms with Crippen molar-refractivity contribution in [1.29, 1.82) is 0 Å². The van der Waals surface area contributed by atoms with Gasteiger partial charge < -0.3 is 0 Å². The third-order valence-corrected chi connectivity index (χ3v) is 7.91. The van der Waals surface area contributed by atoms with Gasteiger partial charge in [-0.05, 0) is 42.5 Å². The standard InChI is InChI=1S/C23H29N3O3S/c1-25-21-14-13-19(15-22(21)26(2)23(25)27)30(28,29)24-16-20(17-9-5-3-6-10-17)18-11-7-4-8-12-18/h3,5-6,9-10,13-15,18,20,24H,4,7-8,11-12,16H2,1-2H3/t20-/m1/s1. The Bertz CT molecular complexity index is 1190. The van der Waals surface area contributed by atoms with Crippen LogP contribution in [-0.4, -0.2) is 24.1 Å². The molecule has 7 heteroatoms. The van der Waals surface area contributed by atoms with Crippen molar-refractivity contribution in [2.45, 2.75) is 42.9 Å². The van der Waals surface area contributed by atoms with Crippen molar-refractivity contribution in [2.24, 2.45) is 20.0 Å². The zero-order valence-electron chi connectivity index (χ0n) is 17.5. The van der Waals surface area contributed by atoms with Crippen LogP contribution >= 0.6 is 0 Å². The Balaban J connectivity index is 1.60. The highest BCUT2D eigenvalue weighted by Gasteiger charge is 2.27. The molecule has 160 valence electrons. The van der Waals surface area contributed by atoms with Crippen LogP contribution < -0.4 is 10.4 Å². The Morgan fingerprint density at radius 3 is 2.33 bits per heavy atom. The highest BCUT2D eigenvalue weighted by atomic mass is 32.2. The average molecular weight is 428 g/mol. The predicted molar refractivity (Wildman–Crippen MR) is 119 cm³/mol. The molecule has 1 aromatic heterocycles. The Kier molecular flexibility index (Phi) is 5.84. The molecule has 30 heavy (non-hydrogen) atoms. The maximum Gasteiger partial charge on any atom is 0.328 e. The van der Waals surface area contributed by atoms with Crippen LogP contribution in [-0.2, 0) is 24.1 Å². The Hall–Kier alpha value is -2.38. The largest absolute Gasteiger partial charge is 0.328 e. The topological polar surface area (TPSA) is 73.1 Å². The van der Waals surface area contributed by atoms with E-state index in [1.54, 1.807) is 32.3 Å². The quantitative estimate of drug-likeness (QED) is 0.654. The molecule has 0 unspecified atom stereocenters. The van der Waals surface area contributed by atoms with Gasteiger partial charge in [0.25, 0.3) is 0 Å². The molecule has 6 nitrogen and oxygen atoms in total. The van der Waals surface area contributed by atoms with Crippen LogP contribution in [0, 0.1) is 5.92 Å². The van der Waals surface area contributed by atoms with Crippen LogP contribution in [0.15, 0.2) is 58.2 Å². The average Bonchev–Trinajstić information content (AvgIpc) is 2.99. The van der Waals surface area contributed by atoms with E-state index in [1.807, 2.05) is 18.2 Å². The molecule has 1 N–H and O–H groups in total. The van der Waals surface area contributed by atoms with E-state index in [-0.39, 0.29) is 16.5 Å². The Labute approximate surface area is 177 Å². The molecular formula is C23H29N3O3S. The molecular weight excluding hydrogens is 398 g/mol. The second-order valence-corrected chi connectivity index (χ2v) is 10.1. The molecule has 0 bridgehead atoms. The minimum Gasteiger partial charge on any atom is -0.295 e. The maximum atomic E-state index is 13.1. The number of hydrogen-bond acceptors (Lipinski definition) is 3. The van der Waals surface area contributed by atoms with Crippen LogP contribution in [0.3, 0.4) is 0 Å². The first-order valence-corrected chi connectivity index (χ1v) is 12.1. The van der Waals surface area contributed by atoms with Crippen LogP contribution in [0.2, 0.25) is 0 Å². The van der Waals surface area contributed by atoms with Gasteiger partial charge in [0.2, 0.25) is 10.0 Å². The van der Waals surface area contributed by atoms with Gasteiger partial charge in [0.15, 0.2) is 0 Å². The van der Waals surface area contributed by atoms with E-state index in [1.165, 1.54) is 34.0 Å². The number of aromatic nitrogens is 2. The van der Waals surface area contributed by atoms with Gasteiger partial charge in [-0.2, -0.15) is 0 Å². The first-order valence-electron chi connectivity index (χ1n) is 10.6. The lowest BCUT2D eigenvalue weighted by atomic mass is 9.77. The van der Waals surface area contributed by atoms with Gasteiger partial charge in [-0.1, -0.05) is 49.6 Å². The van der Waals surface area contributed by atoms with Crippen molar-refractivity contribution in [3.05, 3.63) is 64.6 Å². The van der Waals surface area contributed by atoms with Gasteiger partial charge in [-0.25, -0.2) is 17.9 Å². The van der Waals surface area contributed by atoms with Crippen molar-refractivity contribution in [1.82, 2.24) is 13.9 Å². The normalized spacial score (nSPS) is 16.7. The first kappa shape index (κ1) is 20.9. The van der Waals surface area contributed by atoms with Crippen LogP contribution in [0.1, 0.15) is 43.6 Å². The molecule has 1 heterocycles. The number of nitrogens with zero attached hydrogens (tertiary/aromatic N) is 2. The summed E-state index contributed by atoms with van der Waals surface area (Å²) in [7, 11) is -0.346. The number of aryl methyl sites for hydroxylation is 2. The number of sulfonamides is 1. The number of imidazole rings is 1. The minimum absolute atomic E-state index is 0.158. The molecule has 1 atom stereocenters. The summed E-state index contributed by atoms with van der Waals surface area (Å²) in [5.41, 5.74) is 2.34. The molecule has 0 radical (unpaired) electrons. The van der Waals surface area contributed by atoms with Crippen molar-refractivity contribution >= 4 is 21.1 Å². The first-order chi connectivity index (χ1) is 14.4. The predicted octanol–water partition coefficient (Wildman–Crippen LogP) is 3.52. The number of rotatable bonds is 6. The maximum absolute atomic E-state index is 13.1. The van der Waals surface area contributed by atoms with Gasteiger partial charge in [0.1, 0.15) is 0 Å². The molecule has 0 aliphatic heterocycles. The lowest BCUT2D eigenvalue weighted by molar-refractivity contribution is 0.303. The van der Waals surface area contributed by atoms with Crippen molar-refractivity contribution in [3.63, 3.8) is 0 Å². The highest BCUT2D eigenvalue weighted by Crippen LogP contribution is 2.36. The van der Waals surface area contributed by atoms with Crippen LogP contribution in [0.25, 0.3) is 11.0 Å². The van der Waals surface area contributed by atoms with Crippen LogP contribution in [0.5, 0.6) is 0 Å². The highest BCUT2D eigenvalue weighted by molar-refractivity contribution is 7.89. The lowest BCUT2D eigenvalue weighted by Crippen LogP contribution is -2.32. The van der Waals surface area contributed by atoms with Gasteiger partial charge in [-0.15, -0.1) is 0 Å². The van der Waals surface area contributed by atoms with Crippen molar-refractivity contribution in [3.8, 4) is 0 Å². The summed E-state index contributed by atoms with van der Waals surface area (Å²) in [6, 6.07) is 15.1. The fourth-order valence-corrected chi connectivity index (χ4v) is 5.81. The molecule has 0 amide bonds. The molecule has 0 spiro atoms. The van der Waals surface area contributed by atoms with Crippen LogP contribution in [0.4, 0.5) is 0 Å². The number of fused-ring (bicyclic) bond motifs is 1. The smallest absolute Gasteiger partial charge is 0.295 e. The summed E-state index contributed by atoms with van der Waals surface area (Å²) >= 11 is 0. The number of hydrogen-bond donors (Lipinski definition) is 1. The van der Waals surface area contributed by atoms with E-state index < -0.39 is 10.0 Å². The van der Waals surface area contributed by atoms with Gasteiger partial charge in [-0.3, -0.25) is 9.13 Å². The summed E-state index contributed by atoms with van der Waals surface area (Å²) in [6.45, 7) is 0.378. The molecule has 4 rings (SSSR count). The summed E-state index contributed by atoms with van der Waals surface area (Å²) < 4.78 is 32.0.